The number of benzene rings is 3. The van der Waals surface area contributed by atoms with Crippen molar-refractivity contribution >= 4 is 17.2 Å². The van der Waals surface area contributed by atoms with Crippen LogP contribution in [0.4, 0.5) is 5.69 Å². The number of aliphatic hydroxyl groups excluding tert-OH is 1. The average molecular weight is 399 g/mol. The fourth-order valence-electron chi connectivity index (χ4n) is 3.89. The number of hydrogen-bond donors (Lipinski definition) is 1. The normalized spacial score (nSPS) is 16.3. The first kappa shape index (κ1) is 19.8. The van der Waals surface area contributed by atoms with E-state index in [1.165, 1.54) is 5.56 Å². The van der Waals surface area contributed by atoms with E-state index < -0.39 is 11.9 Å². The number of carbonyl (C=O) groups excluding carboxylic acids is 1. The predicted molar refractivity (Wildman–Crippen MR) is 120 cm³/mol. The molecular weight excluding hydrogens is 374 g/mol. The molecule has 0 bridgehead atoms. The summed E-state index contributed by atoms with van der Waals surface area (Å²) in [5.41, 5.74) is 5.48. The lowest BCUT2D eigenvalue weighted by atomic mass is 9.92. The minimum atomic E-state index is -0.417. The summed E-state index contributed by atoms with van der Waals surface area (Å²) in [4.78, 5) is 14.9. The highest BCUT2D eigenvalue weighted by Crippen LogP contribution is 2.45. The van der Waals surface area contributed by atoms with Crippen LogP contribution in [0.5, 0.6) is 5.75 Å². The molecule has 0 fully saturated rings. The molecule has 1 aliphatic rings. The molecule has 3 aromatic rings. The Balaban J connectivity index is 1.86. The molecule has 0 unspecified atom stereocenters. The Morgan fingerprint density at radius 2 is 1.57 bits per heavy atom. The van der Waals surface area contributed by atoms with E-state index in [0.29, 0.717) is 17.0 Å². The topological polar surface area (TPSA) is 49.8 Å². The van der Waals surface area contributed by atoms with Crippen LogP contribution in [0.2, 0.25) is 0 Å². The molecule has 1 amide bonds. The number of nitrogens with zero attached hydrogens (tertiary/aromatic N) is 1. The van der Waals surface area contributed by atoms with E-state index in [2.05, 4.69) is 19.1 Å². The van der Waals surface area contributed by atoms with E-state index in [1.54, 1.807) is 12.0 Å². The van der Waals surface area contributed by atoms with Crippen molar-refractivity contribution in [3.63, 3.8) is 0 Å². The van der Waals surface area contributed by atoms with Gasteiger partial charge in [0, 0.05) is 11.3 Å². The van der Waals surface area contributed by atoms with Crippen LogP contribution in [0.15, 0.2) is 78.6 Å². The largest absolute Gasteiger partial charge is 0.503 e. The van der Waals surface area contributed by atoms with Gasteiger partial charge in [0.05, 0.1) is 13.2 Å². The number of aryl methyl sites for hydroxylation is 2. The minimum Gasteiger partial charge on any atom is -0.503 e. The summed E-state index contributed by atoms with van der Waals surface area (Å²) in [6.45, 7) is 4.13. The highest BCUT2D eigenvalue weighted by atomic mass is 16.5. The summed E-state index contributed by atoms with van der Waals surface area (Å²) in [6.07, 6.45) is 0.942. The third-order valence-corrected chi connectivity index (χ3v) is 5.63. The van der Waals surface area contributed by atoms with Crippen LogP contribution in [0.3, 0.4) is 0 Å². The van der Waals surface area contributed by atoms with Gasteiger partial charge in [0.1, 0.15) is 5.75 Å². The van der Waals surface area contributed by atoms with Gasteiger partial charge in [-0.2, -0.15) is 0 Å². The van der Waals surface area contributed by atoms with Gasteiger partial charge >= 0.3 is 0 Å². The standard InChI is InChI=1S/C26H25NO3/c1-4-18-7-11-20(12-8-18)24-23(19-9-5-17(2)6-10-19)25(28)26(29)27(24)21-13-15-22(30-3)16-14-21/h5-16,24,28H,4H2,1-3H3/t24-/m0/s1. The zero-order valence-electron chi connectivity index (χ0n) is 17.4. The van der Waals surface area contributed by atoms with Crippen LogP contribution in [0.1, 0.15) is 35.2 Å². The lowest BCUT2D eigenvalue weighted by molar-refractivity contribution is -0.117. The fraction of sp³-hybridized carbons (Fsp3) is 0.192. The van der Waals surface area contributed by atoms with Crippen molar-refractivity contribution in [2.75, 3.05) is 12.0 Å². The van der Waals surface area contributed by atoms with Crippen LogP contribution in [0, 0.1) is 6.92 Å². The molecule has 0 aromatic heterocycles. The van der Waals surface area contributed by atoms with Gasteiger partial charge in [-0.25, -0.2) is 0 Å². The van der Waals surface area contributed by atoms with Crippen molar-refractivity contribution in [2.45, 2.75) is 26.3 Å². The molecule has 1 aliphatic heterocycles. The van der Waals surface area contributed by atoms with Gasteiger partial charge in [-0.1, -0.05) is 61.0 Å². The van der Waals surface area contributed by atoms with E-state index in [0.717, 1.165) is 23.1 Å². The zero-order valence-corrected chi connectivity index (χ0v) is 17.4. The van der Waals surface area contributed by atoms with Gasteiger partial charge in [0.15, 0.2) is 5.76 Å². The molecule has 0 aliphatic carbocycles. The summed E-state index contributed by atoms with van der Waals surface area (Å²) in [7, 11) is 1.61. The zero-order chi connectivity index (χ0) is 21.3. The van der Waals surface area contributed by atoms with Crippen molar-refractivity contribution < 1.29 is 14.6 Å². The quantitative estimate of drug-likeness (QED) is 0.605. The van der Waals surface area contributed by atoms with Crippen molar-refractivity contribution in [1.29, 1.82) is 0 Å². The third-order valence-electron chi connectivity index (χ3n) is 5.63. The molecule has 1 heterocycles. The maximum atomic E-state index is 13.2. The number of amides is 1. The lowest BCUT2D eigenvalue weighted by Gasteiger charge is -2.28. The van der Waals surface area contributed by atoms with Crippen LogP contribution in [0.25, 0.3) is 5.57 Å². The van der Waals surface area contributed by atoms with Gasteiger partial charge in [-0.3, -0.25) is 9.69 Å². The van der Waals surface area contributed by atoms with Crippen LogP contribution >= 0.6 is 0 Å². The Morgan fingerprint density at radius 1 is 0.933 bits per heavy atom. The molecule has 0 saturated heterocycles. The van der Waals surface area contributed by atoms with Gasteiger partial charge in [-0.15, -0.1) is 0 Å². The minimum absolute atomic E-state index is 0.209. The fourth-order valence-corrected chi connectivity index (χ4v) is 3.89. The number of ether oxygens (including phenoxy) is 1. The van der Waals surface area contributed by atoms with Gasteiger partial charge in [0.2, 0.25) is 0 Å². The summed E-state index contributed by atoms with van der Waals surface area (Å²) in [5, 5.41) is 10.9. The second-order valence-electron chi connectivity index (χ2n) is 7.50. The molecule has 4 heteroatoms. The number of rotatable bonds is 5. The van der Waals surface area contributed by atoms with E-state index in [1.807, 2.05) is 67.6 Å². The Hall–Kier alpha value is -3.53. The molecule has 1 N–H and O–H groups in total. The maximum Gasteiger partial charge on any atom is 0.294 e. The second kappa shape index (κ2) is 8.07. The molecule has 1 atom stereocenters. The molecule has 152 valence electrons. The first-order valence-electron chi connectivity index (χ1n) is 10.1. The first-order chi connectivity index (χ1) is 14.5. The molecule has 0 radical (unpaired) electrons. The summed E-state index contributed by atoms with van der Waals surface area (Å²) >= 11 is 0. The lowest BCUT2D eigenvalue weighted by Crippen LogP contribution is -2.30. The third kappa shape index (κ3) is 3.45. The summed E-state index contributed by atoms with van der Waals surface area (Å²) in [5.74, 6) is 0.102. The summed E-state index contributed by atoms with van der Waals surface area (Å²) < 4.78 is 5.26. The molecule has 0 spiro atoms. The molecule has 30 heavy (non-hydrogen) atoms. The Morgan fingerprint density at radius 3 is 2.13 bits per heavy atom. The molecule has 4 nitrogen and oxygen atoms in total. The molecule has 4 rings (SSSR count). The number of aliphatic hydroxyl groups is 1. The second-order valence-corrected chi connectivity index (χ2v) is 7.50. The number of methoxy groups -OCH3 is 1. The SMILES string of the molecule is CCc1ccc([C@H]2C(c3ccc(C)cc3)=C(O)C(=O)N2c2ccc(OC)cc2)cc1. The van der Waals surface area contributed by atoms with Crippen molar-refractivity contribution in [2.24, 2.45) is 0 Å². The average Bonchev–Trinajstić information content (AvgIpc) is 3.05. The highest BCUT2D eigenvalue weighted by Gasteiger charge is 2.41. The van der Waals surface area contributed by atoms with Crippen molar-refractivity contribution in [3.8, 4) is 5.75 Å². The molecule has 0 saturated carbocycles. The van der Waals surface area contributed by atoms with Crippen LogP contribution in [-0.2, 0) is 11.2 Å². The van der Waals surface area contributed by atoms with E-state index in [9.17, 15) is 9.90 Å². The molecular formula is C26H25NO3. The van der Waals surface area contributed by atoms with Gasteiger partial charge < -0.3 is 9.84 Å². The first-order valence-corrected chi connectivity index (χ1v) is 10.1. The Labute approximate surface area is 177 Å². The number of hydrogen-bond acceptors (Lipinski definition) is 3. The Kier molecular flexibility index (Phi) is 5.32. The highest BCUT2D eigenvalue weighted by molar-refractivity contribution is 6.16. The monoisotopic (exact) mass is 399 g/mol. The van der Waals surface area contributed by atoms with Crippen LogP contribution in [-0.4, -0.2) is 18.1 Å². The maximum absolute atomic E-state index is 13.2. The smallest absolute Gasteiger partial charge is 0.294 e. The van der Waals surface area contributed by atoms with Crippen molar-refractivity contribution in [3.05, 3.63) is 101 Å². The summed E-state index contributed by atoms with van der Waals surface area (Å²) in [6, 6.07) is 23.0. The number of carbonyl (C=O) groups is 1. The number of anilines is 1. The van der Waals surface area contributed by atoms with Crippen molar-refractivity contribution in [1.82, 2.24) is 0 Å². The van der Waals surface area contributed by atoms with Gasteiger partial charge in [0.25, 0.3) is 5.91 Å². The van der Waals surface area contributed by atoms with E-state index in [-0.39, 0.29) is 5.76 Å². The Bertz CT molecular complexity index is 1080. The van der Waals surface area contributed by atoms with E-state index >= 15 is 0 Å². The molecule has 3 aromatic carbocycles. The van der Waals surface area contributed by atoms with Crippen LogP contribution < -0.4 is 9.64 Å². The van der Waals surface area contributed by atoms with E-state index in [4.69, 9.17) is 4.74 Å². The van der Waals surface area contributed by atoms with Gasteiger partial charge in [-0.05, 0) is 54.3 Å². The predicted octanol–water partition coefficient (Wildman–Crippen LogP) is 5.62.